The number of aromatic nitrogens is 2. The van der Waals surface area contributed by atoms with E-state index < -0.39 is 0 Å². The number of methoxy groups -OCH3 is 1. The van der Waals surface area contributed by atoms with Crippen LogP contribution in [0.4, 0.5) is 5.13 Å². The van der Waals surface area contributed by atoms with Gasteiger partial charge in [-0.25, -0.2) is 4.98 Å². The Balaban J connectivity index is 1.36. The SMILES string of the molecule is COc1cccc(Cc2nsc(N3CCN(C(=O)Cc4cccs4)C(C)C3)n2)c1. The van der Waals surface area contributed by atoms with Gasteiger partial charge >= 0.3 is 0 Å². The molecule has 29 heavy (non-hydrogen) atoms. The third-order valence-electron chi connectivity index (χ3n) is 5.08. The third-order valence-corrected chi connectivity index (χ3v) is 6.77. The van der Waals surface area contributed by atoms with E-state index in [-0.39, 0.29) is 11.9 Å². The quantitative estimate of drug-likeness (QED) is 0.602. The van der Waals surface area contributed by atoms with Crippen molar-refractivity contribution in [2.75, 3.05) is 31.6 Å². The number of hydrogen-bond donors (Lipinski definition) is 0. The van der Waals surface area contributed by atoms with Crippen molar-refractivity contribution in [1.82, 2.24) is 14.3 Å². The first kappa shape index (κ1) is 19.8. The maximum Gasteiger partial charge on any atom is 0.228 e. The van der Waals surface area contributed by atoms with Crippen LogP contribution in [0, 0.1) is 0 Å². The zero-order chi connectivity index (χ0) is 20.2. The zero-order valence-corrected chi connectivity index (χ0v) is 18.2. The first-order valence-electron chi connectivity index (χ1n) is 9.64. The molecule has 4 rings (SSSR count). The van der Waals surface area contributed by atoms with Crippen molar-refractivity contribution < 1.29 is 9.53 Å². The minimum absolute atomic E-state index is 0.155. The number of hydrogen-bond acceptors (Lipinski definition) is 7. The van der Waals surface area contributed by atoms with E-state index in [9.17, 15) is 4.79 Å². The number of rotatable bonds is 6. The largest absolute Gasteiger partial charge is 0.497 e. The lowest BCUT2D eigenvalue weighted by molar-refractivity contribution is -0.132. The molecule has 2 aromatic heterocycles. The molecule has 0 bridgehead atoms. The molecule has 1 aliphatic rings. The highest BCUT2D eigenvalue weighted by atomic mass is 32.1. The second-order valence-electron chi connectivity index (χ2n) is 7.16. The summed E-state index contributed by atoms with van der Waals surface area (Å²) in [5.74, 6) is 1.87. The summed E-state index contributed by atoms with van der Waals surface area (Å²) in [6.07, 6.45) is 1.17. The van der Waals surface area contributed by atoms with Gasteiger partial charge in [0.05, 0.1) is 13.5 Å². The van der Waals surface area contributed by atoms with Crippen LogP contribution in [0.3, 0.4) is 0 Å². The number of thiophene rings is 1. The van der Waals surface area contributed by atoms with Crippen molar-refractivity contribution in [3.63, 3.8) is 0 Å². The molecule has 1 saturated heterocycles. The highest BCUT2D eigenvalue weighted by Crippen LogP contribution is 2.24. The summed E-state index contributed by atoms with van der Waals surface area (Å²) in [6, 6.07) is 12.2. The van der Waals surface area contributed by atoms with Gasteiger partial charge in [-0.3, -0.25) is 4.79 Å². The van der Waals surface area contributed by atoms with Crippen LogP contribution < -0.4 is 9.64 Å². The predicted octanol–water partition coefficient (Wildman–Crippen LogP) is 3.48. The average Bonchev–Trinajstić information content (AvgIpc) is 3.40. The topological polar surface area (TPSA) is 58.6 Å². The fourth-order valence-electron chi connectivity index (χ4n) is 3.58. The Labute approximate surface area is 178 Å². The molecule has 0 aliphatic carbocycles. The molecule has 8 heteroatoms. The van der Waals surface area contributed by atoms with Crippen LogP contribution in [0.1, 0.15) is 23.2 Å². The molecular formula is C21H24N4O2S2. The number of anilines is 1. The van der Waals surface area contributed by atoms with Gasteiger partial charge in [-0.15, -0.1) is 11.3 Å². The normalized spacial score (nSPS) is 16.8. The van der Waals surface area contributed by atoms with Gasteiger partial charge in [-0.05, 0) is 36.1 Å². The summed E-state index contributed by atoms with van der Waals surface area (Å²) < 4.78 is 9.83. The highest BCUT2D eigenvalue weighted by molar-refractivity contribution is 7.10. The molecular weight excluding hydrogens is 404 g/mol. The van der Waals surface area contributed by atoms with Crippen LogP contribution in [-0.4, -0.2) is 53.0 Å². The molecule has 0 N–H and O–H groups in total. The second kappa shape index (κ2) is 8.92. The first-order chi connectivity index (χ1) is 14.1. The van der Waals surface area contributed by atoms with Gasteiger partial charge in [-0.2, -0.15) is 4.37 Å². The van der Waals surface area contributed by atoms with E-state index in [2.05, 4.69) is 22.3 Å². The highest BCUT2D eigenvalue weighted by Gasteiger charge is 2.29. The van der Waals surface area contributed by atoms with Gasteiger partial charge in [0.15, 0.2) is 0 Å². The standard InChI is InChI=1S/C21H24N4O2S2/c1-15-14-24(8-9-25(15)20(26)13-18-7-4-10-28-18)21-22-19(23-29-21)12-16-5-3-6-17(11-16)27-2/h3-7,10-11,15H,8-9,12-14H2,1-2H3. The van der Waals surface area contributed by atoms with Gasteiger partial charge in [0.2, 0.25) is 11.0 Å². The maximum absolute atomic E-state index is 12.7. The lowest BCUT2D eigenvalue weighted by Gasteiger charge is -2.39. The molecule has 152 valence electrons. The Bertz CT molecular complexity index is 957. The number of piperazine rings is 1. The van der Waals surface area contributed by atoms with Gasteiger partial charge in [0, 0.05) is 48.5 Å². The third kappa shape index (κ3) is 4.76. The van der Waals surface area contributed by atoms with Crippen LogP contribution in [-0.2, 0) is 17.6 Å². The Morgan fingerprint density at radius 1 is 1.28 bits per heavy atom. The number of benzene rings is 1. The molecule has 0 saturated carbocycles. The smallest absolute Gasteiger partial charge is 0.228 e. The summed E-state index contributed by atoms with van der Waals surface area (Å²) in [7, 11) is 1.67. The zero-order valence-electron chi connectivity index (χ0n) is 16.6. The van der Waals surface area contributed by atoms with E-state index in [1.807, 2.05) is 40.6 Å². The monoisotopic (exact) mass is 428 g/mol. The summed E-state index contributed by atoms with van der Waals surface area (Å²) >= 11 is 3.07. The Hall–Kier alpha value is -2.45. The number of ether oxygens (including phenoxy) is 1. The molecule has 0 spiro atoms. The molecule has 1 unspecified atom stereocenters. The Morgan fingerprint density at radius 2 is 2.17 bits per heavy atom. The van der Waals surface area contributed by atoms with Crippen molar-refractivity contribution in [3.8, 4) is 5.75 Å². The van der Waals surface area contributed by atoms with E-state index in [1.165, 1.54) is 11.5 Å². The molecule has 0 radical (unpaired) electrons. The fourth-order valence-corrected chi connectivity index (χ4v) is 4.99. The minimum atomic E-state index is 0.155. The molecule has 3 aromatic rings. The summed E-state index contributed by atoms with van der Waals surface area (Å²) in [5.41, 5.74) is 1.13. The van der Waals surface area contributed by atoms with Crippen LogP contribution in [0.2, 0.25) is 0 Å². The van der Waals surface area contributed by atoms with Crippen molar-refractivity contribution in [3.05, 3.63) is 58.0 Å². The Morgan fingerprint density at radius 3 is 2.93 bits per heavy atom. The molecule has 1 atom stereocenters. The Kier molecular flexibility index (Phi) is 6.10. The number of amides is 1. The number of carbonyl (C=O) groups is 1. The average molecular weight is 429 g/mol. The van der Waals surface area contributed by atoms with E-state index >= 15 is 0 Å². The maximum atomic E-state index is 12.7. The number of nitrogens with zero attached hydrogens (tertiary/aromatic N) is 4. The molecule has 1 aromatic carbocycles. The lowest BCUT2D eigenvalue weighted by Crippen LogP contribution is -2.54. The van der Waals surface area contributed by atoms with Gasteiger partial charge < -0.3 is 14.5 Å². The van der Waals surface area contributed by atoms with Crippen molar-refractivity contribution in [2.45, 2.75) is 25.8 Å². The number of carbonyl (C=O) groups excluding carboxylic acids is 1. The molecule has 1 amide bonds. The summed E-state index contributed by atoms with van der Waals surface area (Å²) in [4.78, 5) is 22.8. The predicted molar refractivity (Wildman–Crippen MR) is 117 cm³/mol. The summed E-state index contributed by atoms with van der Waals surface area (Å²) in [5, 5.41) is 2.95. The fraction of sp³-hybridized carbons (Fsp3) is 0.381. The van der Waals surface area contributed by atoms with E-state index in [0.717, 1.165) is 46.8 Å². The summed E-state index contributed by atoms with van der Waals surface area (Å²) in [6.45, 7) is 4.39. The van der Waals surface area contributed by atoms with E-state index in [4.69, 9.17) is 9.72 Å². The van der Waals surface area contributed by atoms with E-state index in [0.29, 0.717) is 12.8 Å². The van der Waals surface area contributed by atoms with Crippen LogP contribution in [0.15, 0.2) is 41.8 Å². The van der Waals surface area contributed by atoms with Gasteiger partial charge in [0.25, 0.3) is 0 Å². The lowest BCUT2D eigenvalue weighted by atomic mass is 10.1. The van der Waals surface area contributed by atoms with Gasteiger partial charge in [-0.1, -0.05) is 18.2 Å². The molecule has 1 aliphatic heterocycles. The van der Waals surface area contributed by atoms with Gasteiger partial charge in [0.1, 0.15) is 11.6 Å². The second-order valence-corrected chi connectivity index (χ2v) is 8.92. The van der Waals surface area contributed by atoms with Crippen LogP contribution in [0.5, 0.6) is 5.75 Å². The molecule has 6 nitrogen and oxygen atoms in total. The minimum Gasteiger partial charge on any atom is -0.497 e. The van der Waals surface area contributed by atoms with Crippen LogP contribution in [0.25, 0.3) is 0 Å². The van der Waals surface area contributed by atoms with Crippen LogP contribution >= 0.6 is 22.9 Å². The first-order valence-corrected chi connectivity index (χ1v) is 11.3. The molecule has 3 heterocycles. The molecule has 1 fully saturated rings. The van der Waals surface area contributed by atoms with Crippen molar-refractivity contribution in [1.29, 1.82) is 0 Å². The van der Waals surface area contributed by atoms with E-state index in [1.54, 1.807) is 18.4 Å². The van der Waals surface area contributed by atoms with Crippen molar-refractivity contribution >= 4 is 33.9 Å². The van der Waals surface area contributed by atoms with Crippen molar-refractivity contribution in [2.24, 2.45) is 0 Å².